The maximum absolute atomic E-state index is 12.6. The quantitative estimate of drug-likeness (QED) is 0.788. The van der Waals surface area contributed by atoms with Crippen LogP contribution < -0.4 is 0 Å². The Balaban J connectivity index is 2.20. The zero-order chi connectivity index (χ0) is 14.0. The Labute approximate surface area is 108 Å². The van der Waals surface area contributed by atoms with Gasteiger partial charge in [0.15, 0.2) is 0 Å². The van der Waals surface area contributed by atoms with E-state index in [0.29, 0.717) is 18.8 Å². The summed E-state index contributed by atoms with van der Waals surface area (Å²) in [5.74, 6) is -0.212. The molecule has 0 unspecified atom stereocenters. The van der Waals surface area contributed by atoms with E-state index in [1.165, 1.54) is 6.92 Å². The first-order valence-electron chi connectivity index (χ1n) is 6.02. The van der Waals surface area contributed by atoms with Crippen LogP contribution in [0.4, 0.5) is 13.2 Å². The van der Waals surface area contributed by atoms with Crippen molar-refractivity contribution < 1.29 is 18.0 Å². The molecule has 0 spiro atoms. The summed E-state index contributed by atoms with van der Waals surface area (Å²) in [7, 11) is 0. The van der Waals surface area contributed by atoms with Gasteiger partial charge in [0.2, 0.25) is 5.91 Å². The Morgan fingerprint density at radius 1 is 1.42 bits per heavy atom. The van der Waals surface area contributed by atoms with Gasteiger partial charge in [-0.2, -0.15) is 13.2 Å². The number of halogens is 3. The van der Waals surface area contributed by atoms with E-state index in [1.807, 2.05) is 0 Å². The van der Waals surface area contributed by atoms with Gasteiger partial charge in [0.25, 0.3) is 0 Å². The van der Waals surface area contributed by atoms with Crippen LogP contribution in [0, 0.1) is 0 Å². The van der Waals surface area contributed by atoms with E-state index in [1.54, 1.807) is 4.90 Å². The normalized spacial score (nSPS) is 20.4. The van der Waals surface area contributed by atoms with Crippen molar-refractivity contribution in [3.63, 3.8) is 0 Å². The monoisotopic (exact) mass is 273 g/mol. The average Bonchev–Trinajstić information content (AvgIpc) is 2.38. The van der Waals surface area contributed by atoms with E-state index in [0.717, 1.165) is 25.2 Å². The molecule has 1 atom stereocenters. The molecular weight excluding hydrogens is 259 g/mol. The number of likely N-dealkylation sites (tertiary alicyclic amines) is 1. The molecule has 0 N–H and O–H groups in total. The van der Waals surface area contributed by atoms with E-state index >= 15 is 0 Å². The van der Waals surface area contributed by atoms with Crippen LogP contribution in [0.5, 0.6) is 0 Å². The van der Waals surface area contributed by atoms with E-state index in [2.05, 4.69) is 9.97 Å². The van der Waals surface area contributed by atoms with Gasteiger partial charge >= 0.3 is 6.18 Å². The summed E-state index contributed by atoms with van der Waals surface area (Å²) in [6, 6.07) is 0.980. The predicted molar refractivity (Wildman–Crippen MR) is 61.3 cm³/mol. The zero-order valence-electron chi connectivity index (χ0n) is 10.4. The standard InChI is InChI=1S/C12H14F3N3O/c1-8(19)18-4-2-3-9(6-18)10-5-11(12(13,14)15)17-7-16-10/h5,7,9H,2-4,6H2,1H3/t9-/m0/s1. The summed E-state index contributed by atoms with van der Waals surface area (Å²) in [5.41, 5.74) is -0.578. The van der Waals surface area contributed by atoms with E-state index < -0.39 is 11.9 Å². The minimum Gasteiger partial charge on any atom is -0.342 e. The molecule has 1 amide bonds. The van der Waals surface area contributed by atoms with E-state index in [9.17, 15) is 18.0 Å². The molecule has 0 saturated carbocycles. The van der Waals surface area contributed by atoms with Crippen LogP contribution in [0.2, 0.25) is 0 Å². The van der Waals surface area contributed by atoms with Gasteiger partial charge in [-0.05, 0) is 18.9 Å². The number of carbonyl (C=O) groups is 1. The molecule has 4 nitrogen and oxygen atoms in total. The topological polar surface area (TPSA) is 46.1 Å². The number of piperidine rings is 1. The molecule has 1 aliphatic heterocycles. The van der Waals surface area contributed by atoms with Crippen molar-refractivity contribution in [1.29, 1.82) is 0 Å². The summed E-state index contributed by atoms with van der Waals surface area (Å²) in [4.78, 5) is 20.1. The zero-order valence-corrected chi connectivity index (χ0v) is 10.4. The Bertz CT molecular complexity index is 476. The molecule has 2 rings (SSSR count). The maximum Gasteiger partial charge on any atom is 0.433 e. The molecule has 2 heterocycles. The van der Waals surface area contributed by atoms with Gasteiger partial charge in [0.05, 0.1) is 0 Å². The first-order chi connectivity index (χ1) is 8.88. The fraction of sp³-hybridized carbons (Fsp3) is 0.583. The summed E-state index contributed by atoms with van der Waals surface area (Å²) >= 11 is 0. The lowest BCUT2D eigenvalue weighted by atomic mass is 9.94. The molecule has 1 fully saturated rings. The molecular formula is C12H14F3N3O. The molecule has 0 aromatic carbocycles. The third-order valence-electron chi connectivity index (χ3n) is 3.26. The van der Waals surface area contributed by atoms with Gasteiger partial charge in [0.1, 0.15) is 12.0 Å². The largest absolute Gasteiger partial charge is 0.433 e. The highest BCUT2D eigenvalue weighted by atomic mass is 19.4. The Morgan fingerprint density at radius 2 is 2.16 bits per heavy atom. The molecule has 1 saturated heterocycles. The molecule has 19 heavy (non-hydrogen) atoms. The Hall–Kier alpha value is -1.66. The minimum absolute atomic E-state index is 0.0604. The van der Waals surface area contributed by atoms with Crippen LogP contribution in [-0.2, 0) is 11.0 Å². The Morgan fingerprint density at radius 3 is 2.79 bits per heavy atom. The van der Waals surface area contributed by atoms with Crippen LogP contribution in [0.25, 0.3) is 0 Å². The molecule has 0 radical (unpaired) electrons. The molecule has 7 heteroatoms. The molecule has 1 aromatic rings. The first-order valence-corrected chi connectivity index (χ1v) is 6.02. The van der Waals surface area contributed by atoms with Crippen molar-refractivity contribution >= 4 is 5.91 Å². The van der Waals surface area contributed by atoms with Gasteiger partial charge in [-0.3, -0.25) is 4.79 Å². The second-order valence-corrected chi connectivity index (χ2v) is 4.63. The van der Waals surface area contributed by atoms with Gasteiger partial charge in [-0.1, -0.05) is 0 Å². The molecule has 0 aliphatic carbocycles. The maximum atomic E-state index is 12.6. The summed E-state index contributed by atoms with van der Waals surface area (Å²) < 4.78 is 37.8. The number of nitrogens with zero attached hydrogens (tertiary/aromatic N) is 3. The van der Waals surface area contributed by atoms with Crippen molar-refractivity contribution in [2.75, 3.05) is 13.1 Å². The second-order valence-electron chi connectivity index (χ2n) is 4.63. The predicted octanol–water partition coefficient (Wildman–Crippen LogP) is 2.22. The summed E-state index contributed by atoms with van der Waals surface area (Å²) in [5, 5.41) is 0. The van der Waals surface area contributed by atoms with Crippen molar-refractivity contribution in [3.05, 3.63) is 23.8 Å². The van der Waals surface area contributed by atoms with Crippen molar-refractivity contribution in [3.8, 4) is 0 Å². The number of amides is 1. The number of hydrogen-bond acceptors (Lipinski definition) is 3. The first kappa shape index (κ1) is 13.8. The van der Waals surface area contributed by atoms with Crippen molar-refractivity contribution in [2.24, 2.45) is 0 Å². The summed E-state index contributed by atoms with van der Waals surface area (Å²) in [6.07, 6.45) is -2.02. The number of rotatable bonds is 1. The lowest BCUT2D eigenvalue weighted by Gasteiger charge is -2.31. The molecule has 1 aliphatic rings. The van der Waals surface area contributed by atoms with Crippen LogP contribution in [-0.4, -0.2) is 33.9 Å². The van der Waals surface area contributed by atoms with Gasteiger partial charge < -0.3 is 4.90 Å². The van der Waals surface area contributed by atoms with Crippen LogP contribution in [0.15, 0.2) is 12.4 Å². The highest BCUT2D eigenvalue weighted by Crippen LogP contribution is 2.31. The number of carbonyl (C=O) groups excluding carboxylic acids is 1. The van der Waals surface area contributed by atoms with Crippen LogP contribution >= 0.6 is 0 Å². The van der Waals surface area contributed by atoms with E-state index in [4.69, 9.17) is 0 Å². The molecule has 104 valence electrons. The fourth-order valence-corrected chi connectivity index (χ4v) is 2.26. The third kappa shape index (κ3) is 3.21. The number of hydrogen-bond donors (Lipinski definition) is 0. The van der Waals surface area contributed by atoms with Crippen molar-refractivity contribution in [2.45, 2.75) is 31.9 Å². The van der Waals surface area contributed by atoms with Crippen LogP contribution in [0.3, 0.4) is 0 Å². The van der Waals surface area contributed by atoms with Crippen LogP contribution in [0.1, 0.15) is 37.1 Å². The summed E-state index contributed by atoms with van der Waals surface area (Å²) in [6.45, 7) is 2.54. The third-order valence-corrected chi connectivity index (χ3v) is 3.26. The SMILES string of the molecule is CC(=O)N1CCC[C@H](c2cc(C(F)(F)F)ncn2)C1. The number of aromatic nitrogens is 2. The lowest BCUT2D eigenvalue weighted by molar-refractivity contribution is -0.141. The smallest absolute Gasteiger partial charge is 0.342 e. The van der Waals surface area contributed by atoms with Gasteiger partial charge in [-0.25, -0.2) is 9.97 Å². The van der Waals surface area contributed by atoms with Gasteiger partial charge in [0, 0.05) is 31.6 Å². The highest BCUT2D eigenvalue weighted by molar-refractivity contribution is 5.73. The Kier molecular flexibility index (Phi) is 3.73. The fourth-order valence-electron chi connectivity index (χ4n) is 2.26. The van der Waals surface area contributed by atoms with Gasteiger partial charge in [-0.15, -0.1) is 0 Å². The number of alkyl halides is 3. The van der Waals surface area contributed by atoms with Crippen molar-refractivity contribution in [1.82, 2.24) is 14.9 Å². The lowest BCUT2D eigenvalue weighted by Crippen LogP contribution is -2.37. The highest BCUT2D eigenvalue weighted by Gasteiger charge is 2.34. The minimum atomic E-state index is -4.47. The van der Waals surface area contributed by atoms with E-state index in [-0.39, 0.29) is 11.8 Å². The average molecular weight is 273 g/mol. The second kappa shape index (κ2) is 5.14. The molecule has 1 aromatic heterocycles. The molecule has 0 bridgehead atoms.